The van der Waals surface area contributed by atoms with Crippen molar-refractivity contribution >= 4 is 11.4 Å². The van der Waals surface area contributed by atoms with E-state index in [0.717, 1.165) is 5.56 Å². The number of aryl methyl sites for hydroxylation is 1. The summed E-state index contributed by atoms with van der Waals surface area (Å²) in [5, 5.41) is 3.09. The highest BCUT2D eigenvalue weighted by atomic mass is 19.1. The Morgan fingerprint density at radius 2 is 1.86 bits per heavy atom. The molecule has 0 amide bonds. The van der Waals surface area contributed by atoms with Crippen LogP contribution in [0.2, 0.25) is 0 Å². The molecule has 0 radical (unpaired) electrons. The molecule has 14 heavy (non-hydrogen) atoms. The van der Waals surface area contributed by atoms with Gasteiger partial charge in [0.15, 0.2) is 0 Å². The minimum atomic E-state index is -0.303. The van der Waals surface area contributed by atoms with Crippen molar-refractivity contribution in [2.24, 2.45) is 0 Å². The Balaban J connectivity index is 3.04. The molecule has 0 aliphatic rings. The van der Waals surface area contributed by atoms with Crippen molar-refractivity contribution < 1.29 is 4.39 Å². The summed E-state index contributed by atoms with van der Waals surface area (Å²) in [7, 11) is 0. The lowest BCUT2D eigenvalue weighted by molar-refractivity contribution is 0.598. The van der Waals surface area contributed by atoms with Crippen molar-refractivity contribution in [2.75, 3.05) is 11.1 Å². The monoisotopic (exact) mass is 196 g/mol. The Hall–Kier alpha value is -1.25. The standard InChI is InChI=1S/C11H17FN2/c1-7-5-10(14-11(2,3)4)8(12)6-9(7)13/h5-6,14H,13H2,1-4H3. The topological polar surface area (TPSA) is 38.0 Å². The highest BCUT2D eigenvalue weighted by Gasteiger charge is 2.13. The molecule has 0 atom stereocenters. The van der Waals surface area contributed by atoms with Crippen molar-refractivity contribution in [1.29, 1.82) is 0 Å². The molecular weight excluding hydrogens is 179 g/mol. The van der Waals surface area contributed by atoms with E-state index in [9.17, 15) is 4.39 Å². The number of nitrogens with one attached hydrogen (secondary N) is 1. The Morgan fingerprint density at radius 1 is 1.29 bits per heavy atom. The van der Waals surface area contributed by atoms with Gasteiger partial charge in [0, 0.05) is 11.2 Å². The summed E-state index contributed by atoms with van der Waals surface area (Å²) in [4.78, 5) is 0. The second-order valence-electron chi connectivity index (χ2n) is 4.56. The van der Waals surface area contributed by atoms with Gasteiger partial charge in [0.05, 0.1) is 5.69 Å². The van der Waals surface area contributed by atoms with Gasteiger partial charge in [0.1, 0.15) is 5.82 Å². The van der Waals surface area contributed by atoms with Crippen LogP contribution in [0, 0.1) is 12.7 Å². The van der Waals surface area contributed by atoms with E-state index in [1.54, 1.807) is 6.07 Å². The number of nitrogens with two attached hydrogens (primary N) is 1. The molecule has 1 aromatic carbocycles. The van der Waals surface area contributed by atoms with E-state index in [4.69, 9.17) is 5.73 Å². The van der Waals surface area contributed by atoms with Gasteiger partial charge < -0.3 is 11.1 Å². The maximum Gasteiger partial charge on any atom is 0.148 e. The van der Waals surface area contributed by atoms with Gasteiger partial charge in [-0.2, -0.15) is 0 Å². The number of halogens is 1. The zero-order valence-corrected chi connectivity index (χ0v) is 9.11. The zero-order chi connectivity index (χ0) is 10.9. The van der Waals surface area contributed by atoms with Crippen LogP contribution in [0.15, 0.2) is 12.1 Å². The van der Waals surface area contributed by atoms with E-state index in [-0.39, 0.29) is 11.4 Å². The first-order chi connectivity index (χ1) is 6.29. The molecule has 0 aliphatic carbocycles. The number of hydrogen-bond donors (Lipinski definition) is 2. The molecule has 0 spiro atoms. The molecule has 0 bridgehead atoms. The van der Waals surface area contributed by atoms with E-state index in [1.165, 1.54) is 6.07 Å². The summed E-state index contributed by atoms with van der Waals surface area (Å²) in [6, 6.07) is 3.08. The molecule has 2 nitrogen and oxygen atoms in total. The molecule has 0 saturated heterocycles. The number of benzene rings is 1. The molecule has 3 heteroatoms. The maximum atomic E-state index is 13.4. The van der Waals surface area contributed by atoms with Crippen LogP contribution in [-0.2, 0) is 0 Å². The van der Waals surface area contributed by atoms with E-state index in [0.29, 0.717) is 11.4 Å². The van der Waals surface area contributed by atoms with Gasteiger partial charge >= 0.3 is 0 Å². The van der Waals surface area contributed by atoms with Crippen LogP contribution < -0.4 is 11.1 Å². The largest absolute Gasteiger partial charge is 0.398 e. The van der Waals surface area contributed by atoms with Gasteiger partial charge in [0.2, 0.25) is 0 Å². The summed E-state index contributed by atoms with van der Waals surface area (Å²) in [6.07, 6.45) is 0. The Kier molecular flexibility index (Phi) is 2.69. The molecule has 0 unspecified atom stereocenters. The maximum absolute atomic E-state index is 13.4. The summed E-state index contributed by atoms with van der Waals surface area (Å²) in [5.74, 6) is -0.303. The van der Waals surface area contributed by atoms with Crippen LogP contribution in [0.5, 0.6) is 0 Å². The van der Waals surface area contributed by atoms with E-state index >= 15 is 0 Å². The first-order valence-corrected chi connectivity index (χ1v) is 4.63. The van der Waals surface area contributed by atoms with E-state index < -0.39 is 0 Å². The predicted octanol–water partition coefficient (Wildman–Crippen LogP) is 2.93. The highest BCUT2D eigenvalue weighted by molar-refractivity contribution is 5.58. The average Bonchev–Trinajstić information content (AvgIpc) is 1.97. The zero-order valence-electron chi connectivity index (χ0n) is 9.11. The molecule has 0 saturated carbocycles. The average molecular weight is 196 g/mol. The fourth-order valence-electron chi connectivity index (χ4n) is 1.20. The highest BCUT2D eigenvalue weighted by Crippen LogP contribution is 2.23. The van der Waals surface area contributed by atoms with Crippen molar-refractivity contribution in [3.05, 3.63) is 23.5 Å². The lowest BCUT2D eigenvalue weighted by atomic mass is 10.1. The van der Waals surface area contributed by atoms with Crippen molar-refractivity contribution in [3.8, 4) is 0 Å². The van der Waals surface area contributed by atoms with Crippen LogP contribution in [0.1, 0.15) is 26.3 Å². The molecule has 78 valence electrons. The third-order valence-corrected chi connectivity index (χ3v) is 1.87. The third-order valence-electron chi connectivity index (χ3n) is 1.87. The fraction of sp³-hybridized carbons (Fsp3) is 0.455. The summed E-state index contributed by atoms with van der Waals surface area (Å²) >= 11 is 0. The van der Waals surface area contributed by atoms with Crippen LogP contribution in [-0.4, -0.2) is 5.54 Å². The Bertz CT molecular complexity index is 340. The minimum Gasteiger partial charge on any atom is -0.398 e. The van der Waals surface area contributed by atoms with Crippen LogP contribution in [0.25, 0.3) is 0 Å². The molecule has 1 rings (SSSR count). The first kappa shape index (κ1) is 10.8. The SMILES string of the molecule is Cc1cc(NC(C)(C)C)c(F)cc1N. The Labute approximate surface area is 84.3 Å². The molecule has 3 N–H and O–H groups in total. The minimum absolute atomic E-state index is 0.149. The van der Waals surface area contributed by atoms with Crippen LogP contribution in [0.3, 0.4) is 0 Å². The Morgan fingerprint density at radius 3 is 2.36 bits per heavy atom. The lowest BCUT2D eigenvalue weighted by Crippen LogP contribution is -2.26. The number of anilines is 2. The van der Waals surface area contributed by atoms with E-state index in [2.05, 4.69) is 5.32 Å². The predicted molar refractivity (Wildman–Crippen MR) is 58.9 cm³/mol. The van der Waals surface area contributed by atoms with Gasteiger partial charge in [-0.25, -0.2) is 4.39 Å². The molecule has 0 heterocycles. The van der Waals surface area contributed by atoms with Crippen LogP contribution in [0.4, 0.5) is 15.8 Å². The smallest absolute Gasteiger partial charge is 0.148 e. The number of hydrogen-bond acceptors (Lipinski definition) is 2. The van der Waals surface area contributed by atoms with Crippen molar-refractivity contribution in [1.82, 2.24) is 0 Å². The first-order valence-electron chi connectivity index (χ1n) is 4.63. The van der Waals surface area contributed by atoms with Gasteiger partial charge in [-0.1, -0.05) is 0 Å². The molecule has 0 aliphatic heterocycles. The summed E-state index contributed by atoms with van der Waals surface area (Å²) < 4.78 is 13.4. The van der Waals surface area contributed by atoms with Crippen LogP contribution >= 0.6 is 0 Å². The van der Waals surface area contributed by atoms with Crippen molar-refractivity contribution in [2.45, 2.75) is 33.2 Å². The van der Waals surface area contributed by atoms with Gasteiger partial charge in [-0.3, -0.25) is 0 Å². The number of nitrogen functional groups attached to an aromatic ring is 1. The molecule has 0 aromatic heterocycles. The number of rotatable bonds is 1. The molecule has 0 fully saturated rings. The third kappa shape index (κ3) is 2.62. The normalized spacial score (nSPS) is 11.5. The van der Waals surface area contributed by atoms with Gasteiger partial charge in [0.25, 0.3) is 0 Å². The van der Waals surface area contributed by atoms with Crippen molar-refractivity contribution in [3.63, 3.8) is 0 Å². The quantitative estimate of drug-likeness (QED) is 0.678. The second kappa shape index (κ2) is 3.48. The molecule has 1 aromatic rings. The summed E-state index contributed by atoms with van der Waals surface area (Å²) in [5.41, 5.74) is 7.32. The second-order valence-corrected chi connectivity index (χ2v) is 4.56. The van der Waals surface area contributed by atoms with Gasteiger partial charge in [-0.15, -0.1) is 0 Å². The van der Waals surface area contributed by atoms with E-state index in [1.807, 2.05) is 27.7 Å². The lowest BCUT2D eigenvalue weighted by Gasteiger charge is -2.23. The molecular formula is C11H17FN2. The summed E-state index contributed by atoms with van der Waals surface area (Å²) in [6.45, 7) is 7.82. The van der Waals surface area contributed by atoms with Gasteiger partial charge in [-0.05, 0) is 45.4 Å². The fourth-order valence-corrected chi connectivity index (χ4v) is 1.20.